The average molecular weight is 457 g/mol. The van der Waals surface area contributed by atoms with Crippen LogP contribution in [0.2, 0.25) is 0 Å². The fourth-order valence-corrected chi connectivity index (χ4v) is 2.50. The first-order valence-corrected chi connectivity index (χ1v) is 7.86. The number of guanidine groups is 1. The van der Waals surface area contributed by atoms with Crippen LogP contribution in [0, 0.1) is 5.82 Å². The maximum absolute atomic E-state index is 13.7. The van der Waals surface area contributed by atoms with Gasteiger partial charge in [0, 0.05) is 39.9 Å². The van der Waals surface area contributed by atoms with Crippen LogP contribution in [-0.4, -0.2) is 32.1 Å². The van der Waals surface area contributed by atoms with Gasteiger partial charge < -0.3 is 15.0 Å². The lowest BCUT2D eigenvalue weighted by atomic mass is 10.1. The van der Waals surface area contributed by atoms with Crippen LogP contribution in [0.15, 0.2) is 53.5 Å². The first kappa shape index (κ1) is 21.4. The van der Waals surface area contributed by atoms with Crippen molar-refractivity contribution < 1.29 is 9.13 Å². The molecule has 0 aliphatic carbocycles. The summed E-state index contributed by atoms with van der Waals surface area (Å²) in [6.45, 7) is 1.60. The molecule has 0 saturated carbocycles. The van der Waals surface area contributed by atoms with Crippen molar-refractivity contribution in [1.82, 2.24) is 10.2 Å². The van der Waals surface area contributed by atoms with Crippen LogP contribution >= 0.6 is 24.0 Å². The largest absolute Gasteiger partial charge is 0.380 e. The molecule has 0 saturated heterocycles. The maximum atomic E-state index is 13.7. The first-order valence-electron chi connectivity index (χ1n) is 7.86. The molecule has 2 rings (SSSR count). The van der Waals surface area contributed by atoms with Crippen molar-refractivity contribution in [2.24, 2.45) is 4.99 Å². The highest BCUT2D eigenvalue weighted by Gasteiger charge is 2.08. The van der Waals surface area contributed by atoms with E-state index in [2.05, 4.69) is 27.3 Å². The van der Waals surface area contributed by atoms with Gasteiger partial charge in [-0.3, -0.25) is 4.99 Å². The van der Waals surface area contributed by atoms with Crippen LogP contribution in [0.1, 0.15) is 16.7 Å². The molecule has 4 nitrogen and oxygen atoms in total. The molecule has 0 heterocycles. The number of hydrogen-bond donors (Lipinski definition) is 1. The smallest absolute Gasteiger partial charge is 0.193 e. The minimum absolute atomic E-state index is 0. The molecule has 0 spiro atoms. The second-order valence-corrected chi connectivity index (χ2v) is 5.60. The highest BCUT2D eigenvalue weighted by atomic mass is 127. The molecular weight excluding hydrogens is 432 g/mol. The van der Waals surface area contributed by atoms with Gasteiger partial charge >= 0.3 is 0 Å². The molecule has 0 amide bonds. The van der Waals surface area contributed by atoms with E-state index in [-0.39, 0.29) is 36.4 Å². The van der Waals surface area contributed by atoms with Crippen molar-refractivity contribution in [3.05, 3.63) is 71.0 Å². The van der Waals surface area contributed by atoms with E-state index in [1.54, 1.807) is 20.2 Å². The van der Waals surface area contributed by atoms with E-state index in [1.165, 1.54) is 11.6 Å². The molecule has 0 bridgehead atoms. The summed E-state index contributed by atoms with van der Waals surface area (Å²) in [5, 5.41) is 3.31. The summed E-state index contributed by atoms with van der Waals surface area (Å²) in [7, 11) is 5.30. The third-order valence-electron chi connectivity index (χ3n) is 3.70. The molecule has 0 radical (unpaired) electrons. The third kappa shape index (κ3) is 6.62. The van der Waals surface area contributed by atoms with Crippen molar-refractivity contribution in [3.8, 4) is 0 Å². The molecule has 25 heavy (non-hydrogen) atoms. The normalized spacial score (nSPS) is 11.0. The Hall–Kier alpha value is -1.67. The molecule has 1 N–H and O–H groups in total. The SMILES string of the molecule is CN=C(NCc1ccc(F)c(COC)c1)N(C)Cc1ccccc1.I. The summed E-state index contributed by atoms with van der Waals surface area (Å²) >= 11 is 0. The number of aliphatic imine (C=N–C) groups is 1. The number of ether oxygens (including phenoxy) is 1. The molecule has 136 valence electrons. The second-order valence-electron chi connectivity index (χ2n) is 5.60. The standard InChI is InChI=1S/C19H24FN3O.HI/c1-21-19(23(2)13-15-7-5-4-6-8-15)22-12-16-9-10-18(20)17(11-16)14-24-3;/h4-11H,12-14H2,1-3H3,(H,21,22);1H. The van der Waals surface area contributed by atoms with Gasteiger partial charge in [0.05, 0.1) is 6.61 Å². The Labute approximate surface area is 166 Å². The molecule has 0 unspecified atom stereocenters. The lowest BCUT2D eigenvalue weighted by Crippen LogP contribution is -2.38. The summed E-state index contributed by atoms with van der Waals surface area (Å²) in [6.07, 6.45) is 0. The van der Waals surface area contributed by atoms with Gasteiger partial charge in [-0.25, -0.2) is 4.39 Å². The summed E-state index contributed by atoms with van der Waals surface area (Å²) < 4.78 is 18.7. The Balaban J connectivity index is 0.00000312. The maximum Gasteiger partial charge on any atom is 0.193 e. The highest BCUT2D eigenvalue weighted by Crippen LogP contribution is 2.12. The van der Waals surface area contributed by atoms with Gasteiger partial charge in [0.2, 0.25) is 0 Å². The zero-order valence-corrected chi connectivity index (χ0v) is 17.2. The lowest BCUT2D eigenvalue weighted by molar-refractivity contribution is 0.181. The average Bonchev–Trinajstić information content (AvgIpc) is 2.59. The molecule has 0 fully saturated rings. The van der Waals surface area contributed by atoms with E-state index in [4.69, 9.17) is 4.74 Å². The van der Waals surface area contributed by atoms with Crippen molar-refractivity contribution in [1.29, 1.82) is 0 Å². The number of benzene rings is 2. The summed E-state index contributed by atoms with van der Waals surface area (Å²) in [6, 6.07) is 15.3. The van der Waals surface area contributed by atoms with Crippen molar-refractivity contribution in [3.63, 3.8) is 0 Å². The Morgan fingerprint density at radius 3 is 2.52 bits per heavy atom. The molecule has 0 atom stereocenters. The summed E-state index contributed by atoms with van der Waals surface area (Å²) in [5.74, 6) is 0.544. The Morgan fingerprint density at radius 1 is 1.16 bits per heavy atom. The van der Waals surface area contributed by atoms with Gasteiger partial charge in [-0.1, -0.05) is 36.4 Å². The predicted octanol–water partition coefficient (Wildman–Crippen LogP) is 3.80. The predicted molar refractivity (Wildman–Crippen MR) is 111 cm³/mol. The van der Waals surface area contributed by atoms with Gasteiger partial charge in [0.1, 0.15) is 5.82 Å². The van der Waals surface area contributed by atoms with Crippen molar-refractivity contribution in [2.45, 2.75) is 19.7 Å². The Morgan fingerprint density at radius 2 is 1.88 bits per heavy atom. The van der Waals surface area contributed by atoms with E-state index in [0.29, 0.717) is 12.1 Å². The van der Waals surface area contributed by atoms with Crippen molar-refractivity contribution >= 4 is 29.9 Å². The molecular formula is C19H25FIN3O. The van der Waals surface area contributed by atoms with E-state index < -0.39 is 0 Å². The van der Waals surface area contributed by atoms with E-state index in [9.17, 15) is 4.39 Å². The van der Waals surface area contributed by atoms with Crippen LogP contribution in [0.5, 0.6) is 0 Å². The number of hydrogen-bond acceptors (Lipinski definition) is 2. The fourth-order valence-electron chi connectivity index (χ4n) is 2.50. The fraction of sp³-hybridized carbons (Fsp3) is 0.316. The van der Waals surface area contributed by atoms with Gasteiger partial charge in [-0.05, 0) is 23.3 Å². The van der Waals surface area contributed by atoms with Crippen LogP contribution < -0.4 is 5.32 Å². The monoisotopic (exact) mass is 457 g/mol. The minimum Gasteiger partial charge on any atom is -0.380 e. The number of nitrogens with zero attached hydrogens (tertiary/aromatic N) is 2. The molecule has 2 aromatic rings. The second kappa shape index (κ2) is 11.0. The van der Waals surface area contributed by atoms with Crippen LogP contribution in [-0.2, 0) is 24.4 Å². The van der Waals surface area contributed by atoms with Gasteiger partial charge in [-0.15, -0.1) is 24.0 Å². The van der Waals surface area contributed by atoms with Crippen LogP contribution in [0.4, 0.5) is 4.39 Å². The molecule has 0 aromatic heterocycles. The van der Waals surface area contributed by atoms with E-state index in [0.717, 1.165) is 18.1 Å². The Kier molecular flexibility index (Phi) is 9.44. The van der Waals surface area contributed by atoms with E-state index >= 15 is 0 Å². The summed E-state index contributed by atoms with van der Waals surface area (Å²) in [5.41, 5.74) is 2.76. The number of methoxy groups -OCH3 is 1. The highest BCUT2D eigenvalue weighted by molar-refractivity contribution is 14.0. The van der Waals surface area contributed by atoms with Crippen LogP contribution in [0.25, 0.3) is 0 Å². The van der Waals surface area contributed by atoms with Crippen LogP contribution in [0.3, 0.4) is 0 Å². The summed E-state index contributed by atoms with van der Waals surface area (Å²) in [4.78, 5) is 6.36. The first-order chi connectivity index (χ1) is 11.6. The number of halogens is 2. The van der Waals surface area contributed by atoms with Gasteiger partial charge in [0.25, 0.3) is 0 Å². The minimum atomic E-state index is -0.244. The zero-order chi connectivity index (χ0) is 17.4. The number of nitrogens with one attached hydrogen (secondary N) is 1. The molecule has 2 aromatic carbocycles. The molecule has 0 aliphatic rings. The quantitative estimate of drug-likeness (QED) is 0.408. The molecule has 6 heteroatoms. The zero-order valence-electron chi connectivity index (χ0n) is 14.8. The van der Waals surface area contributed by atoms with Gasteiger partial charge in [0.15, 0.2) is 5.96 Å². The van der Waals surface area contributed by atoms with E-state index in [1.807, 2.05) is 31.3 Å². The lowest BCUT2D eigenvalue weighted by Gasteiger charge is -2.22. The van der Waals surface area contributed by atoms with Crippen molar-refractivity contribution in [2.75, 3.05) is 21.2 Å². The molecule has 0 aliphatic heterocycles. The van der Waals surface area contributed by atoms with Gasteiger partial charge in [-0.2, -0.15) is 0 Å². The number of rotatable bonds is 6. The topological polar surface area (TPSA) is 36.9 Å². The third-order valence-corrected chi connectivity index (χ3v) is 3.70. The Bertz CT molecular complexity index is 680.